The van der Waals surface area contributed by atoms with Crippen LogP contribution in [0, 0.1) is 48.8 Å². The number of nitrogens with one attached hydrogen (secondary N) is 4. The summed E-state index contributed by atoms with van der Waals surface area (Å²) in [6.07, 6.45) is 17.1. The number of carbonyl (C=O) groups excluding carboxylic acids is 3. The number of hydrogen-bond donors (Lipinski definition) is 4. The SMILES string of the molecule is C=S(C)(=O)N1CCN(C[C@H]2COc3cc(S(=O)(=O)NC(=O)c4ccc(N5CCN(CC6=C(c7ccc(Cl)cc7)CC(C)(C)CC6)CC5)cc4Oc4cnc5[nH]ccc5c4)cc([N+](=O)[O-])c3C2)CC1.CC1(C)CCC(CN2CCN(c3ccc(C(=O)NS(=O)(=O)c4cc5c(c([N+](=O)[O-])c4)C[C@H](CN4CCN(C(=O)C6CC6)CC4)CO5)c(Oc4cnc5[nH]ccc5c4)c3)CC2)=C(c2ccc(Cl)cc2)C1. The largest absolute Gasteiger partial charge is 0.493 e. The molecule has 10 heterocycles. The third kappa shape index (κ3) is 22.6. The van der Waals surface area contributed by atoms with Crippen LogP contribution in [0.4, 0.5) is 22.7 Å². The van der Waals surface area contributed by atoms with Gasteiger partial charge in [0, 0.05) is 246 Å². The lowest BCUT2D eigenvalue weighted by Crippen LogP contribution is -2.50. The first-order valence-corrected chi connectivity index (χ1v) is 52.6. The second-order valence-corrected chi connectivity index (χ2v) is 45.9. The molecule has 4 N–H and O–H groups in total. The average Bonchev–Trinajstić information content (AvgIpc) is 1.30. The Morgan fingerprint density at radius 2 is 0.927 bits per heavy atom. The zero-order valence-corrected chi connectivity index (χ0v) is 81.4. The Balaban J connectivity index is 0.000000182. The van der Waals surface area contributed by atoms with E-state index in [-0.39, 0.29) is 81.8 Å². The van der Waals surface area contributed by atoms with Gasteiger partial charge < -0.3 is 48.5 Å². The van der Waals surface area contributed by atoms with Gasteiger partial charge in [0.15, 0.2) is 0 Å². The van der Waals surface area contributed by atoms with Crippen LogP contribution < -0.4 is 38.2 Å². The maximum Gasteiger partial charge on any atom is 0.277 e. The standard InChI is InChI=1S/C51H57ClN8O8S.C49H57ClN8O8S2/c1-51(2)13-11-37(44(28-51)34-5-7-38(52)8-6-34)31-57-15-19-58(20-16-57)39-9-10-42(47(25-39)68-40-24-36-12-14-53-48(36)54-29-40)49(61)55-69(65,66)41-26-45(60(63)64)43-23-33(32-67-46(43)27-41)30-56-17-21-59(22-18-56)50(62)35-3-4-35;1-49(2)13-11-36(43(28-49)34-5-7-37(50)8-6-34)31-55-15-19-56(20-16-55)38-9-10-41(46(25-38)66-39-24-35-12-14-51-47(35)52-29-39)48(59)53-68(63,64)40-26-44(58(60)61)42-23-33(32-65-45(42)27-40)30-54-17-21-57(22-18-54)67(3,4)62/h5-10,12,14,24-27,29,33,35H,3-4,11,13,15-23,28,30-32H2,1-2H3,(H,53,54)(H,55,61);5-10,12,14,24-27,29,33H,3,11,13,15-23,28,30-32H2,1-2,4H3,(H,51,52)(H,53,59)/t33-;33-,67?/m10/s1. The number of rotatable bonds is 26. The number of anilines is 2. The van der Waals surface area contributed by atoms with Gasteiger partial charge in [0.2, 0.25) is 5.91 Å². The molecule has 1 saturated carbocycles. The Morgan fingerprint density at radius 3 is 1.32 bits per heavy atom. The van der Waals surface area contributed by atoms with E-state index in [1.54, 1.807) is 61.1 Å². The van der Waals surface area contributed by atoms with Gasteiger partial charge in [-0.3, -0.25) is 53.5 Å². The normalized spacial score (nSPS) is 20.2. The molecule has 3 amide bonds. The number of sulfonamides is 2. The maximum atomic E-state index is 14.1. The molecule has 19 rings (SSSR count). The molecule has 9 aliphatic rings. The second kappa shape index (κ2) is 39.8. The van der Waals surface area contributed by atoms with Crippen molar-refractivity contribution in [2.24, 2.45) is 28.6 Å². The molecular weight excluding hydrogens is 1850 g/mol. The average molecular weight is 1960 g/mol. The van der Waals surface area contributed by atoms with Crippen molar-refractivity contribution in [1.82, 2.24) is 58.2 Å². The Labute approximate surface area is 807 Å². The van der Waals surface area contributed by atoms with Crippen LogP contribution in [0.2, 0.25) is 10.0 Å². The lowest BCUT2D eigenvalue weighted by Gasteiger charge is -2.39. The predicted molar refractivity (Wildman–Crippen MR) is 530 cm³/mol. The van der Waals surface area contributed by atoms with E-state index in [1.165, 1.54) is 64.0 Å². The zero-order chi connectivity index (χ0) is 96.0. The number of H-pyrrole nitrogens is 2. The fraction of sp³-hybridized carbons (Fsp3) is 0.420. The highest BCUT2D eigenvalue weighted by Gasteiger charge is 2.41. The van der Waals surface area contributed by atoms with E-state index in [9.17, 15) is 55.7 Å². The van der Waals surface area contributed by atoms with Crippen LogP contribution in [0.15, 0.2) is 179 Å². The van der Waals surface area contributed by atoms with Crippen molar-refractivity contribution < 1.29 is 64.2 Å². The highest BCUT2D eigenvalue weighted by atomic mass is 35.5. The number of nitrogens with zero attached hydrogens (tertiary/aromatic N) is 12. The zero-order valence-electron chi connectivity index (χ0n) is 77.5. The van der Waals surface area contributed by atoms with Crippen LogP contribution in [0.1, 0.15) is 122 Å². The summed E-state index contributed by atoms with van der Waals surface area (Å²) in [7, 11) is -11.6. The molecule has 0 spiro atoms. The molecule has 32 nitrogen and oxygen atoms in total. The number of nitro groups is 2. The minimum atomic E-state index is -4.66. The van der Waals surface area contributed by atoms with Gasteiger partial charge in [0.1, 0.15) is 45.8 Å². The maximum absolute atomic E-state index is 14.1. The number of pyridine rings is 2. The van der Waals surface area contributed by atoms with Crippen LogP contribution >= 0.6 is 23.2 Å². The number of aromatic amines is 2. The van der Waals surface area contributed by atoms with Crippen molar-refractivity contribution >= 4 is 133 Å². The van der Waals surface area contributed by atoms with Crippen LogP contribution in [-0.2, 0) is 47.4 Å². The summed E-state index contributed by atoms with van der Waals surface area (Å²) in [5, 5.41) is 28.0. The number of carbonyl (C=O) groups is 3. The molecule has 0 radical (unpaired) electrons. The van der Waals surface area contributed by atoms with Crippen molar-refractivity contribution in [3.63, 3.8) is 0 Å². The highest BCUT2D eigenvalue weighted by Crippen LogP contribution is 2.48. The lowest BCUT2D eigenvalue weighted by atomic mass is 9.72. The number of amides is 3. The number of aromatic nitrogens is 4. The first-order chi connectivity index (χ1) is 65.5. The summed E-state index contributed by atoms with van der Waals surface area (Å²) in [6, 6.07) is 38.1. The number of hydrogen-bond acceptors (Lipinski definition) is 24. The van der Waals surface area contributed by atoms with Gasteiger partial charge in [-0.2, -0.15) is 0 Å². The molecule has 3 atom stereocenters. The van der Waals surface area contributed by atoms with E-state index in [2.05, 4.69) is 117 Å². The summed E-state index contributed by atoms with van der Waals surface area (Å²) in [5.41, 5.74) is 11.2. The van der Waals surface area contributed by atoms with Gasteiger partial charge in [-0.1, -0.05) is 86.3 Å². The van der Waals surface area contributed by atoms with Crippen LogP contribution in [0.5, 0.6) is 34.5 Å². The van der Waals surface area contributed by atoms with Gasteiger partial charge in [-0.15, -0.1) is 0 Å². The predicted octanol–water partition coefficient (Wildman–Crippen LogP) is 15.2. The van der Waals surface area contributed by atoms with Gasteiger partial charge in [0.05, 0.1) is 67.5 Å². The molecule has 722 valence electrons. The number of benzene rings is 6. The van der Waals surface area contributed by atoms with E-state index in [4.69, 9.17) is 42.1 Å². The summed E-state index contributed by atoms with van der Waals surface area (Å²) < 4.78 is 99.4. The monoisotopic (exact) mass is 1960 g/mol. The molecule has 5 fully saturated rings. The van der Waals surface area contributed by atoms with Gasteiger partial charge in [-0.25, -0.2) is 40.6 Å². The van der Waals surface area contributed by atoms with Gasteiger partial charge in [0.25, 0.3) is 43.2 Å². The highest BCUT2D eigenvalue weighted by molar-refractivity contribution is 7.97. The second-order valence-electron chi connectivity index (χ2n) is 39.2. The van der Waals surface area contributed by atoms with Crippen molar-refractivity contribution in [2.75, 3.05) is 160 Å². The minimum Gasteiger partial charge on any atom is -0.493 e. The minimum absolute atomic E-state index is 0.0543. The van der Waals surface area contributed by atoms with E-state index in [0.717, 1.165) is 135 Å². The Kier molecular flexibility index (Phi) is 27.8. The molecule has 6 aliphatic heterocycles. The quantitative estimate of drug-likeness (QED) is 0.0222. The number of ether oxygens (including phenoxy) is 4. The summed E-state index contributed by atoms with van der Waals surface area (Å²) in [4.78, 5) is 94.3. The smallest absolute Gasteiger partial charge is 0.277 e. The summed E-state index contributed by atoms with van der Waals surface area (Å²) in [5.74, 6) is 3.13. The van der Waals surface area contributed by atoms with Crippen LogP contribution in [0.3, 0.4) is 0 Å². The first-order valence-electron chi connectivity index (χ1n) is 46.7. The van der Waals surface area contributed by atoms with Crippen molar-refractivity contribution in [3.05, 3.63) is 233 Å². The molecule has 137 heavy (non-hydrogen) atoms. The van der Waals surface area contributed by atoms with E-state index < -0.39 is 72.6 Å². The fourth-order valence-corrected chi connectivity index (χ4v) is 23.3. The van der Waals surface area contributed by atoms with Crippen LogP contribution in [-0.4, -0.2) is 254 Å². The molecule has 4 aromatic heterocycles. The van der Waals surface area contributed by atoms with Gasteiger partial charge >= 0.3 is 0 Å². The summed E-state index contributed by atoms with van der Waals surface area (Å²) >= 11 is 12.5. The molecule has 6 aromatic carbocycles. The van der Waals surface area contributed by atoms with Crippen molar-refractivity contribution in [1.29, 1.82) is 0 Å². The van der Waals surface area contributed by atoms with Crippen molar-refractivity contribution in [2.45, 2.75) is 102 Å². The third-order valence-corrected chi connectivity index (χ3v) is 32.5. The van der Waals surface area contributed by atoms with Crippen LogP contribution in [0.25, 0.3) is 33.2 Å². The third-order valence-electron chi connectivity index (χ3n) is 27.9. The number of fused-ring (bicyclic) bond motifs is 4. The van der Waals surface area contributed by atoms with E-state index in [0.29, 0.717) is 138 Å². The molecule has 3 aliphatic carbocycles. The van der Waals surface area contributed by atoms with E-state index in [1.807, 2.05) is 45.6 Å². The Morgan fingerprint density at radius 1 is 0.526 bits per heavy atom. The summed E-state index contributed by atoms with van der Waals surface area (Å²) in [6.45, 7) is 24.0. The molecule has 1 unspecified atom stereocenters. The Bertz CT molecular complexity index is 6740. The molecule has 0 bridgehead atoms. The van der Waals surface area contributed by atoms with Gasteiger partial charge in [-0.05, 0) is 176 Å². The molecule has 10 aromatic rings. The molecule has 4 saturated heterocycles. The number of piperazine rings is 4. The van der Waals surface area contributed by atoms with Crippen molar-refractivity contribution in [3.8, 4) is 34.5 Å². The number of halogens is 2. The molecular formula is C100H114Cl2N16O16S3. The first kappa shape index (κ1) is 95.8. The fourth-order valence-electron chi connectivity index (χ4n) is 20.1. The topological polar surface area (TPSA) is 367 Å². The Hall–Kier alpha value is -11.5. The number of nitro benzene ring substituents is 2. The molecule has 37 heteroatoms. The van der Waals surface area contributed by atoms with E-state index >= 15 is 0 Å². The lowest BCUT2D eigenvalue weighted by molar-refractivity contribution is -0.386. The number of allylic oxidation sites excluding steroid dienone is 2.